The predicted molar refractivity (Wildman–Crippen MR) is 98.5 cm³/mol. The van der Waals surface area contributed by atoms with Gasteiger partial charge < -0.3 is 10.1 Å². The molecule has 0 aliphatic heterocycles. The van der Waals surface area contributed by atoms with E-state index in [0.29, 0.717) is 34.6 Å². The summed E-state index contributed by atoms with van der Waals surface area (Å²) in [6.07, 6.45) is 5.76. The van der Waals surface area contributed by atoms with Crippen molar-refractivity contribution in [3.63, 3.8) is 0 Å². The second kappa shape index (κ2) is 8.73. The van der Waals surface area contributed by atoms with Gasteiger partial charge in [-0.25, -0.2) is 4.68 Å². The van der Waals surface area contributed by atoms with E-state index in [9.17, 15) is 4.79 Å². The third kappa shape index (κ3) is 5.24. The van der Waals surface area contributed by atoms with Gasteiger partial charge in [0.1, 0.15) is 11.4 Å². The molecular formula is C17H17Cl2N5O2. The lowest BCUT2D eigenvalue weighted by atomic mass is 10.3. The Kier molecular flexibility index (Phi) is 6.14. The molecule has 1 aromatic carbocycles. The fraction of sp³-hybridized carbons (Fsp3) is 0.235. The Labute approximate surface area is 160 Å². The zero-order valence-electron chi connectivity index (χ0n) is 13.8. The minimum atomic E-state index is -0.228. The number of benzene rings is 1. The number of rotatable bonds is 8. The number of amides is 1. The van der Waals surface area contributed by atoms with Crippen molar-refractivity contribution in [2.24, 2.45) is 0 Å². The molecule has 2 heterocycles. The first-order valence-electron chi connectivity index (χ1n) is 7.98. The summed E-state index contributed by atoms with van der Waals surface area (Å²) in [6.45, 7) is 1.40. The van der Waals surface area contributed by atoms with Crippen LogP contribution in [0.25, 0.3) is 0 Å². The van der Waals surface area contributed by atoms with Crippen molar-refractivity contribution in [3.8, 4) is 5.75 Å². The van der Waals surface area contributed by atoms with Crippen LogP contribution in [0.5, 0.6) is 5.75 Å². The van der Waals surface area contributed by atoms with E-state index in [1.807, 2.05) is 0 Å². The van der Waals surface area contributed by atoms with Crippen LogP contribution in [0.15, 0.2) is 48.9 Å². The molecule has 3 aromatic rings. The Hall–Kier alpha value is -2.51. The van der Waals surface area contributed by atoms with Crippen molar-refractivity contribution < 1.29 is 9.53 Å². The van der Waals surface area contributed by atoms with Crippen molar-refractivity contribution in [1.29, 1.82) is 0 Å². The highest BCUT2D eigenvalue weighted by molar-refractivity contribution is 6.30. The fourth-order valence-corrected chi connectivity index (χ4v) is 2.50. The molecule has 0 radical (unpaired) electrons. The van der Waals surface area contributed by atoms with Crippen LogP contribution >= 0.6 is 23.2 Å². The molecule has 0 fully saturated rings. The summed E-state index contributed by atoms with van der Waals surface area (Å²) in [6, 6.07) is 8.68. The molecule has 1 N–H and O–H groups in total. The summed E-state index contributed by atoms with van der Waals surface area (Å²) < 4.78 is 8.86. The number of carbonyl (C=O) groups is 1. The van der Waals surface area contributed by atoms with Crippen LogP contribution in [-0.2, 0) is 13.3 Å². The quantitative estimate of drug-likeness (QED) is 0.596. The molecule has 0 atom stereocenters. The lowest BCUT2D eigenvalue weighted by molar-refractivity contribution is 0.0945. The summed E-state index contributed by atoms with van der Waals surface area (Å²) in [4.78, 5) is 12.1. The van der Waals surface area contributed by atoms with Gasteiger partial charge in [-0.15, -0.1) is 0 Å². The fourth-order valence-electron chi connectivity index (χ4n) is 2.22. The van der Waals surface area contributed by atoms with Crippen LogP contribution in [-0.4, -0.2) is 32.0 Å². The van der Waals surface area contributed by atoms with Gasteiger partial charge >= 0.3 is 0 Å². The maximum absolute atomic E-state index is 12.1. The number of halogens is 2. The summed E-state index contributed by atoms with van der Waals surface area (Å²) in [5, 5.41) is 12.3. The van der Waals surface area contributed by atoms with Crippen LogP contribution in [0.2, 0.25) is 10.0 Å². The van der Waals surface area contributed by atoms with Crippen molar-refractivity contribution in [2.45, 2.75) is 19.7 Å². The van der Waals surface area contributed by atoms with E-state index in [0.717, 1.165) is 6.42 Å². The van der Waals surface area contributed by atoms with Gasteiger partial charge in [0.2, 0.25) is 0 Å². The molecule has 0 aliphatic carbocycles. The van der Waals surface area contributed by atoms with Crippen LogP contribution in [0.3, 0.4) is 0 Å². The van der Waals surface area contributed by atoms with E-state index in [1.165, 1.54) is 0 Å². The molecule has 0 aliphatic rings. The summed E-state index contributed by atoms with van der Waals surface area (Å²) in [7, 11) is 0. The van der Waals surface area contributed by atoms with Gasteiger partial charge in [0.25, 0.3) is 5.91 Å². The molecule has 7 nitrogen and oxygen atoms in total. The first-order valence-corrected chi connectivity index (χ1v) is 8.74. The number of aromatic nitrogens is 4. The smallest absolute Gasteiger partial charge is 0.271 e. The first-order chi connectivity index (χ1) is 12.6. The number of hydrogen-bond donors (Lipinski definition) is 1. The van der Waals surface area contributed by atoms with E-state index in [4.69, 9.17) is 27.9 Å². The lowest BCUT2D eigenvalue weighted by Gasteiger charge is -2.06. The molecule has 0 unspecified atom stereocenters. The van der Waals surface area contributed by atoms with Crippen LogP contribution < -0.4 is 10.1 Å². The maximum atomic E-state index is 12.1. The van der Waals surface area contributed by atoms with Gasteiger partial charge in [0, 0.05) is 30.5 Å². The number of ether oxygens (including phenoxy) is 1. The third-order valence-electron chi connectivity index (χ3n) is 3.50. The minimum absolute atomic E-state index is 0.203. The normalized spacial score (nSPS) is 10.7. The Morgan fingerprint density at radius 3 is 2.65 bits per heavy atom. The number of aryl methyl sites for hydroxylation is 1. The van der Waals surface area contributed by atoms with Crippen LogP contribution in [0, 0.1) is 0 Å². The molecule has 26 heavy (non-hydrogen) atoms. The van der Waals surface area contributed by atoms with Crippen molar-refractivity contribution in [1.82, 2.24) is 24.9 Å². The average Bonchev–Trinajstić information content (AvgIpc) is 3.27. The first kappa shape index (κ1) is 18.3. The Morgan fingerprint density at radius 2 is 1.92 bits per heavy atom. The molecule has 0 bridgehead atoms. The molecule has 2 aromatic heterocycles. The predicted octanol–water partition coefficient (Wildman–Crippen LogP) is 3.24. The van der Waals surface area contributed by atoms with Gasteiger partial charge in [-0.05, 0) is 36.8 Å². The molecular weight excluding hydrogens is 377 g/mol. The molecule has 0 saturated heterocycles. The number of hydrogen-bond acceptors (Lipinski definition) is 4. The van der Waals surface area contributed by atoms with E-state index in [-0.39, 0.29) is 12.6 Å². The number of nitrogens with zero attached hydrogens (tertiary/aromatic N) is 4. The Bertz CT molecular complexity index is 860. The average molecular weight is 394 g/mol. The number of carbonyl (C=O) groups excluding carboxylic acids is 1. The van der Waals surface area contributed by atoms with Gasteiger partial charge in [-0.2, -0.15) is 10.2 Å². The molecule has 1 amide bonds. The molecule has 9 heteroatoms. The summed E-state index contributed by atoms with van der Waals surface area (Å²) in [5.41, 5.74) is 0.340. The standard InChI is InChI=1S/C17H17Cl2N5O2/c18-13-2-4-15(5-3-13)26-12-24-9-6-16(22-24)17(25)20-7-1-8-23-11-14(19)10-21-23/h2-6,9-11H,1,7-8,12H2,(H,20,25). The van der Waals surface area contributed by atoms with E-state index in [1.54, 1.807) is 58.3 Å². The highest BCUT2D eigenvalue weighted by Crippen LogP contribution is 2.15. The van der Waals surface area contributed by atoms with Crippen LogP contribution in [0.4, 0.5) is 0 Å². The zero-order chi connectivity index (χ0) is 18.4. The maximum Gasteiger partial charge on any atom is 0.271 e. The van der Waals surface area contributed by atoms with Gasteiger partial charge in [0.05, 0.1) is 11.2 Å². The zero-order valence-corrected chi connectivity index (χ0v) is 15.3. The highest BCUT2D eigenvalue weighted by atomic mass is 35.5. The van der Waals surface area contributed by atoms with Gasteiger partial charge in [-0.1, -0.05) is 23.2 Å². The molecule has 0 spiro atoms. The lowest BCUT2D eigenvalue weighted by Crippen LogP contribution is -2.26. The van der Waals surface area contributed by atoms with Crippen molar-refractivity contribution >= 4 is 29.1 Å². The number of nitrogens with one attached hydrogen (secondary N) is 1. The Morgan fingerprint density at radius 1 is 1.12 bits per heavy atom. The monoisotopic (exact) mass is 393 g/mol. The molecule has 3 rings (SSSR count). The summed E-state index contributed by atoms with van der Waals surface area (Å²) >= 11 is 11.6. The van der Waals surface area contributed by atoms with Gasteiger partial charge in [-0.3, -0.25) is 9.48 Å². The third-order valence-corrected chi connectivity index (χ3v) is 3.95. The second-order valence-corrected chi connectivity index (χ2v) is 6.37. The Balaban J connectivity index is 1.41. The van der Waals surface area contributed by atoms with Crippen molar-refractivity contribution in [2.75, 3.05) is 6.54 Å². The molecule has 136 valence electrons. The largest absolute Gasteiger partial charge is 0.471 e. The highest BCUT2D eigenvalue weighted by Gasteiger charge is 2.09. The van der Waals surface area contributed by atoms with E-state index < -0.39 is 0 Å². The van der Waals surface area contributed by atoms with Crippen molar-refractivity contribution in [3.05, 3.63) is 64.7 Å². The van der Waals surface area contributed by atoms with Crippen LogP contribution in [0.1, 0.15) is 16.9 Å². The SMILES string of the molecule is O=C(NCCCn1cc(Cl)cn1)c1ccn(COc2ccc(Cl)cc2)n1. The minimum Gasteiger partial charge on any atom is -0.471 e. The molecule has 0 saturated carbocycles. The topological polar surface area (TPSA) is 74.0 Å². The van der Waals surface area contributed by atoms with E-state index in [2.05, 4.69) is 15.5 Å². The van der Waals surface area contributed by atoms with E-state index >= 15 is 0 Å². The second-order valence-electron chi connectivity index (χ2n) is 5.50. The summed E-state index contributed by atoms with van der Waals surface area (Å²) in [5.74, 6) is 0.448. The van der Waals surface area contributed by atoms with Gasteiger partial charge in [0.15, 0.2) is 6.73 Å².